The normalized spacial score (nSPS) is 12.7. The summed E-state index contributed by atoms with van der Waals surface area (Å²) in [4.78, 5) is 4.37. The maximum Gasteiger partial charge on any atom is 0.0704 e. The van der Waals surface area contributed by atoms with Gasteiger partial charge in [-0.1, -0.05) is 18.2 Å². The van der Waals surface area contributed by atoms with Crippen molar-refractivity contribution in [1.82, 2.24) is 14.8 Å². The fourth-order valence-corrected chi connectivity index (χ4v) is 2.32. The summed E-state index contributed by atoms with van der Waals surface area (Å²) in [7, 11) is 1.90. The first-order chi connectivity index (χ1) is 9.24. The van der Waals surface area contributed by atoms with Crippen LogP contribution in [-0.2, 0) is 13.5 Å². The van der Waals surface area contributed by atoms with E-state index >= 15 is 0 Å². The lowest BCUT2D eigenvalue weighted by atomic mass is 9.99. The average Bonchev–Trinajstić information content (AvgIpc) is 2.86. The van der Waals surface area contributed by atoms with Crippen molar-refractivity contribution in [2.75, 3.05) is 0 Å². The van der Waals surface area contributed by atoms with Crippen LogP contribution in [0.5, 0.6) is 0 Å². The summed E-state index contributed by atoms with van der Waals surface area (Å²) in [6, 6.07) is 10.1. The molecule has 0 saturated heterocycles. The molecular weight excluding hydrogens is 236 g/mol. The monoisotopic (exact) mass is 252 g/mol. The summed E-state index contributed by atoms with van der Waals surface area (Å²) in [5.41, 5.74) is 9.55. The van der Waals surface area contributed by atoms with Crippen molar-refractivity contribution < 1.29 is 0 Å². The van der Waals surface area contributed by atoms with Gasteiger partial charge in [-0.05, 0) is 24.1 Å². The number of aryl methyl sites for hydroxylation is 1. The van der Waals surface area contributed by atoms with Gasteiger partial charge in [0.05, 0.1) is 11.7 Å². The van der Waals surface area contributed by atoms with Crippen LogP contribution in [0.1, 0.15) is 17.2 Å². The molecule has 0 amide bonds. The maximum atomic E-state index is 6.26. The van der Waals surface area contributed by atoms with E-state index in [-0.39, 0.29) is 6.04 Å². The second kappa shape index (κ2) is 4.82. The second-order valence-electron chi connectivity index (χ2n) is 4.75. The molecule has 1 aromatic carbocycles. The first-order valence-corrected chi connectivity index (χ1v) is 6.31. The molecule has 3 rings (SSSR count). The van der Waals surface area contributed by atoms with Crippen LogP contribution >= 0.6 is 0 Å². The molecule has 1 atom stereocenters. The Morgan fingerprint density at radius 1 is 1.26 bits per heavy atom. The van der Waals surface area contributed by atoms with Gasteiger partial charge in [0.1, 0.15) is 0 Å². The van der Waals surface area contributed by atoms with Crippen LogP contribution < -0.4 is 5.73 Å². The molecule has 0 fully saturated rings. The molecule has 4 heteroatoms. The standard InChI is InChI=1S/C15H16N4/c1-19-10-12(9-18-19)14(16)8-11-6-7-17-15-5-3-2-4-13(11)15/h2-7,9-10,14H,8,16H2,1H3. The van der Waals surface area contributed by atoms with E-state index in [1.165, 1.54) is 10.9 Å². The minimum atomic E-state index is -0.0421. The van der Waals surface area contributed by atoms with E-state index < -0.39 is 0 Å². The molecule has 3 aromatic rings. The molecule has 0 radical (unpaired) electrons. The highest BCUT2D eigenvalue weighted by Gasteiger charge is 2.11. The first kappa shape index (κ1) is 11.9. The van der Waals surface area contributed by atoms with Crippen LogP contribution in [0.15, 0.2) is 48.9 Å². The van der Waals surface area contributed by atoms with Crippen molar-refractivity contribution in [3.8, 4) is 0 Å². The highest BCUT2D eigenvalue weighted by Crippen LogP contribution is 2.21. The van der Waals surface area contributed by atoms with Gasteiger partial charge >= 0.3 is 0 Å². The predicted molar refractivity (Wildman–Crippen MR) is 75.6 cm³/mol. The smallest absolute Gasteiger partial charge is 0.0704 e. The fourth-order valence-electron chi connectivity index (χ4n) is 2.32. The van der Waals surface area contributed by atoms with Crippen molar-refractivity contribution in [3.63, 3.8) is 0 Å². The number of pyridine rings is 1. The number of benzene rings is 1. The van der Waals surface area contributed by atoms with E-state index in [0.717, 1.165) is 17.5 Å². The maximum absolute atomic E-state index is 6.26. The zero-order valence-corrected chi connectivity index (χ0v) is 10.8. The van der Waals surface area contributed by atoms with Crippen LogP contribution in [0.3, 0.4) is 0 Å². The Labute approximate surface area is 111 Å². The van der Waals surface area contributed by atoms with E-state index in [2.05, 4.69) is 16.1 Å². The Hall–Kier alpha value is -2.20. The molecule has 0 spiro atoms. The number of rotatable bonds is 3. The third kappa shape index (κ3) is 2.35. The lowest BCUT2D eigenvalue weighted by molar-refractivity contribution is 0.720. The van der Waals surface area contributed by atoms with Crippen molar-refractivity contribution in [2.45, 2.75) is 12.5 Å². The SMILES string of the molecule is Cn1cc(C(N)Cc2ccnc3ccccc23)cn1. The lowest BCUT2D eigenvalue weighted by Gasteiger charge is -2.11. The van der Waals surface area contributed by atoms with Gasteiger partial charge in [0.25, 0.3) is 0 Å². The van der Waals surface area contributed by atoms with E-state index in [4.69, 9.17) is 5.73 Å². The summed E-state index contributed by atoms with van der Waals surface area (Å²) in [5, 5.41) is 5.34. The van der Waals surface area contributed by atoms with Gasteiger partial charge in [0, 0.05) is 36.4 Å². The third-order valence-electron chi connectivity index (χ3n) is 3.33. The molecule has 1 unspecified atom stereocenters. The summed E-state index contributed by atoms with van der Waals surface area (Å²) < 4.78 is 1.78. The summed E-state index contributed by atoms with van der Waals surface area (Å²) in [6.45, 7) is 0. The Kier molecular flexibility index (Phi) is 3.01. The molecule has 2 heterocycles. The van der Waals surface area contributed by atoms with Crippen molar-refractivity contribution in [1.29, 1.82) is 0 Å². The minimum Gasteiger partial charge on any atom is -0.324 e. The second-order valence-corrected chi connectivity index (χ2v) is 4.75. The number of hydrogen-bond acceptors (Lipinski definition) is 3. The molecule has 0 saturated carbocycles. The lowest BCUT2D eigenvalue weighted by Crippen LogP contribution is -2.13. The van der Waals surface area contributed by atoms with Gasteiger partial charge in [0.15, 0.2) is 0 Å². The number of nitrogens with two attached hydrogens (primary N) is 1. The van der Waals surface area contributed by atoms with Crippen LogP contribution in [0.2, 0.25) is 0 Å². The van der Waals surface area contributed by atoms with Crippen LogP contribution in [0, 0.1) is 0 Å². The topological polar surface area (TPSA) is 56.7 Å². The molecule has 0 aliphatic rings. The number of aromatic nitrogens is 3. The number of para-hydroxylation sites is 1. The average molecular weight is 252 g/mol. The Bertz CT molecular complexity index is 697. The molecule has 0 aliphatic carbocycles. The van der Waals surface area contributed by atoms with Crippen LogP contribution in [0.4, 0.5) is 0 Å². The summed E-state index contributed by atoms with van der Waals surface area (Å²) in [6.07, 6.45) is 6.42. The molecule has 2 aromatic heterocycles. The van der Waals surface area contributed by atoms with Gasteiger partial charge in [-0.2, -0.15) is 5.10 Å². The number of hydrogen-bond donors (Lipinski definition) is 1. The minimum absolute atomic E-state index is 0.0421. The molecule has 0 aliphatic heterocycles. The third-order valence-corrected chi connectivity index (χ3v) is 3.33. The van der Waals surface area contributed by atoms with Crippen molar-refractivity contribution in [3.05, 3.63) is 60.0 Å². The molecule has 0 bridgehead atoms. The molecule has 96 valence electrons. The van der Waals surface area contributed by atoms with E-state index in [0.29, 0.717) is 0 Å². The zero-order chi connectivity index (χ0) is 13.2. The first-order valence-electron chi connectivity index (χ1n) is 6.31. The quantitative estimate of drug-likeness (QED) is 0.777. The predicted octanol–water partition coefficient (Wildman–Crippen LogP) is 2.21. The Balaban J connectivity index is 1.93. The number of nitrogens with zero attached hydrogens (tertiary/aromatic N) is 3. The van der Waals surface area contributed by atoms with Gasteiger partial charge in [-0.3, -0.25) is 9.67 Å². The van der Waals surface area contributed by atoms with E-state index in [9.17, 15) is 0 Å². The van der Waals surface area contributed by atoms with Crippen molar-refractivity contribution in [2.24, 2.45) is 12.8 Å². The Morgan fingerprint density at radius 2 is 2.11 bits per heavy atom. The van der Waals surface area contributed by atoms with Gasteiger partial charge in [0.2, 0.25) is 0 Å². The summed E-state index contributed by atoms with van der Waals surface area (Å²) >= 11 is 0. The highest BCUT2D eigenvalue weighted by molar-refractivity contribution is 5.81. The molecule has 4 nitrogen and oxygen atoms in total. The zero-order valence-electron chi connectivity index (χ0n) is 10.8. The summed E-state index contributed by atoms with van der Waals surface area (Å²) in [5.74, 6) is 0. The molecule has 2 N–H and O–H groups in total. The molecule has 19 heavy (non-hydrogen) atoms. The van der Waals surface area contributed by atoms with Gasteiger partial charge in [-0.15, -0.1) is 0 Å². The van der Waals surface area contributed by atoms with Crippen LogP contribution in [0.25, 0.3) is 10.9 Å². The fraction of sp³-hybridized carbons (Fsp3) is 0.200. The Morgan fingerprint density at radius 3 is 2.89 bits per heavy atom. The number of fused-ring (bicyclic) bond motifs is 1. The van der Waals surface area contributed by atoms with Crippen molar-refractivity contribution >= 4 is 10.9 Å². The molecular formula is C15H16N4. The van der Waals surface area contributed by atoms with E-state index in [1.807, 2.05) is 49.9 Å². The van der Waals surface area contributed by atoms with E-state index in [1.54, 1.807) is 4.68 Å². The largest absolute Gasteiger partial charge is 0.324 e. The van der Waals surface area contributed by atoms with Gasteiger partial charge in [-0.25, -0.2) is 0 Å². The van der Waals surface area contributed by atoms with Crippen LogP contribution in [-0.4, -0.2) is 14.8 Å². The highest BCUT2D eigenvalue weighted by atomic mass is 15.2. The van der Waals surface area contributed by atoms with Gasteiger partial charge < -0.3 is 5.73 Å².